The first-order chi connectivity index (χ1) is 14.0. The minimum Gasteiger partial charge on any atom is -0.354 e. The van der Waals surface area contributed by atoms with E-state index in [0.717, 1.165) is 16.7 Å². The molecule has 7 nitrogen and oxygen atoms in total. The molecular weight excluding hydrogens is 388 g/mol. The van der Waals surface area contributed by atoms with Gasteiger partial charge in [0.25, 0.3) is 5.91 Å². The zero-order valence-corrected chi connectivity index (χ0v) is 16.7. The van der Waals surface area contributed by atoms with Crippen LogP contribution in [0.25, 0.3) is 22.6 Å². The van der Waals surface area contributed by atoms with E-state index in [0.29, 0.717) is 34.5 Å². The van der Waals surface area contributed by atoms with Crippen molar-refractivity contribution < 1.29 is 4.79 Å². The van der Waals surface area contributed by atoms with Crippen LogP contribution in [0.4, 0.5) is 0 Å². The van der Waals surface area contributed by atoms with Crippen LogP contribution in [0.1, 0.15) is 21.7 Å². The predicted octanol–water partition coefficient (Wildman–Crippen LogP) is 3.70. The third kappa shape index (κ3) is 4.05. The van der Waals surface area contributed by atoms with E-state index < -0.39 is 0 Å². The van der Waals surface area contributed by atoms with Crippen molar-refractivity contribution in [3.63, 3.8) is 0 Å². The number of aromatic amines is 1. The van der Waals surface area contributed by atoms with Gasteiger partial charge in [-0.15, -0.1) is 0 Å². The summed E-state index contributed by atoms with van der Waals surface area (Å²) in [6, 6.07) is 11.6. The van der Waals surface area contributed by atoms with Crippen LogP contribution in [0.15, 0.2) is 55.0 Å². The van der Waals surface area contributed by atoms with Crippen LogP contribution >= 0.6 is 11.6 Å². The van der Waals surface area contributed by atoms with Gasteiger partial charge in [-0.1, -0.05) is 23.7 Å². The van der Waals surface area contributed by atoms with Crippen LogP contribution in [-0.4, -0.2) is 37.7 Å². The lowest BCUT2D eigenvalue weighted by Gasteiger charge is -2.02. The van der Waals surface area contributed by atoms with Crippen LogP contribution < -0.4 is 5.32 Å². The van der Waals surface area contributed by atoms with Gasteiger partial charge in [0.1, 0.15) is 11.4 Å². The fourth-order valence-corrected chi connectivity index (χ4v) is 3.16. The second kappa shape index (κ2) is 7.89. The lowest BCUT2D eigenvalue weighted by atomic mass is 10.1. The molecule has 0 aliphatic heterocycles. The van der Waals surface area contributed by atoms with E-state index in [4.69, 9.17) is 11.6 Å². The smallest absolute Gasteiger partial charge is 0.271 e. The summed E-state index contributed by atoms with van der Waals surface area (Å²) in [6.45, 7) is 2.47. The van der Waals surface area contributed by atoms with Crippen LogP contribution in [0.2, 0.25) is 5.02 Å². The van der Waals surface area contributed by atoms with Gasteiger partial charge in [-0.2, -0.15) is 5.10 Å². The largest absolute Gasteiger partial charge is 0.354 e. The Labute approximate surface area is 172 Å². The molecule has 0 aliphatic rings. The van der Waals surface area contributed by atoms with E-state index in [9.17, 15) is 4.79 Å². The van der Waals surface area contributed by atoms with E-state index in [1.807, 2.05) is 60.4 Å². The van der Waals surface area contributed by atoms with Crippen molar-refractivity contribution in [1.29, 1.82) is 0 Å². The lowest BCUT2D eigenvalue weighted by Crippen LogP contribution is -2.19. The molecule has 4 rings (SSSR count). The first-order valence-electron chi connectivity index (χ1n) is 9.06. The second-order valence-electron chi connectivity index (χ2n) is 6.62. The van der Waals surface area contributed by atoms with Crippen LogP contribution in [-0.2, 0) is 6.54 Å². The first-order valence-corrected chi connectivity index (χ1v) is 9.43. The quantitative estimate of drug-likeness (QED) is 0.528. The number of aromatic nitrogens is 5. The molecule has 0 saturated carbocycles. The molecule has 0 radical (unpaired) electrons. The van der Waals surface area contributed by atoms with Crippen molar-refractivity contribution in [1.82, 2.24) is 30.0 Å². The van der Waals surface area contributed by atoms with Gasteiger partial charge in [0.2, 0.25) is 0 Å². The number of pyridine rings is 1. The summed E-state index contributed by atoms with van der Waals surface area (Å²) in [5.74, 6) is 0.320. The molecule has 0 bridgehead atoms. The Kier molecular flexibility index (Phi) is 5.14. The summed E-state index contributed by atoms with van der Waals surface area (Å²) in [5, 5.41) is 7.76. The Balaban J connectivity index is 1.59. The molecule has 0 spiro atoms. The van der Waals surface area contributed by atoms with Gasteiger partial charge in [-0.25, -0.2) is 4.98 Å². The molecule has 0 aliphatic carbocycles. The van der Waals surface area contributed by atoms with Crippen LogP contribution in [0.5, 0.6) is 0 Å². The van der Waals surface area contributed by atoms with Gasteiger partial charge < -0.3 is 10.3 Å². The molecule has 146 valence electrons. The fourth-order valence-electron chi connectivity index (χ4n) is 3.04. The molecule has 3 aromatic heterocycles. The van der Waals surface area contributed by atoms with Gasteiger partial charge in [-0.05, 0) is 42.3 Å². The second-order valence-corrected chi connectivity index (χ2v) is 7.06. The number of H-pyrrole nitrogens is 1. The van der Waals surface area contributed by atoms with Crippen molar-refractivity contribution in [3.8, 4) is 22.6 Å². The average Bonchev–Trinajstić information content (AvgIpc) is 3.36. The van der Waals surface area contributed by atoms with Crippen molar-refractivity contribution in [2.24, 2.45) is 0 Å². The third-order valence-corrected chi connectivity index (χ3v) is 4.81. The minimum absolute atomic E-state index is 0.232. The van der Waals surface area contributed by atoms with Gasteiger partial charge in [0.05, 0.1) is 12.7 Å². The number of hydrogen-bond acceptors (Lipinski definition) is 4. The van der Waals surface area contributed by atoms with Gasteiger partial charge >= 0.3 is 0 Å². The summed E-state index contributed by atoms with van der Waals surface area (Å²) in [5.41, 5.74) is 4.77. The summed E-state index contributed by atoms with van der Waals surface area (Å²) in [6.07, 6.45) is 5.52. The minimum atomic E-state index is -0.232. The first kappa shape index (κ1) is 18.9. The number of nitrogens with one attached hydrogen (secondary N) is 2. The molecule has 0 atom stereocenters. The van der Waals surface area contributed by atoms with E-state index in [1.54, 1.807) is 13.2 Å². The number of hydrogen-bond donors (Lipinski definition) is 2. The molecule has 0 unspecified atom stereocenters. The number of nitrogens with zero attached hydrogens (tertiary/aromatic N) is 4. The van der Waals surface area contributed by atoms with Crippen molar-refractivity contribution in [2.45, 2.75) is 13.5 Å². The van der Waals surface area contributed by atoms with Crippen molar-refractivity contribution in [3.05, 3.63) is 77.0 Å². The van der Waals surface area contributed by atoms with E-state index in [2.05, 4.69) is 25.4 Å². The molecule has 3 heterocycles. The number of aryl methyl sites for hydroxylation is 1. The monoisotopic (exact) mass is 406 g/mol. The Morgan fingerprint density at radius 3 is 2.76 bits per heavy atom. The maximum Gasteiger partial charge on any atom is 0.271 e. The summed E-state index contributed by atoms with van der Waals surface area (Å²) in [7, 11) is 1.58. The molecule has 8 heteroatoms. The van der Waals surface area contributed by atoms with E-state index in [1.165, 1.54) is 0 Å². The van der Waals surface area contributed by atoms with Crippen LogP contribution in [0, 0.1) is 6.92 Å². The number of carbonyl (C=O) groups excluding carboxylic acids is 1. The Bertz CT molecular complexity index is 1160. The number of imidazole rings is 1. The van der Waals surface area contributed by atoms with E-state index >= 15 is 0 Å². The lowest BCUT2D eigenvalue weighted by molar-refractivity contribution is 0.0958. The molecule has 0 saturated heterocycles. The average molecular weight is 407 g/mol. The van der Waals surface area contributed by atoms with Gasteiger partial charge in [0, 0.05) is 35.7 Å². The maximum absolute atomic E-state index is 11.9. The summed E-state index contributed by atoms with van der Waals surface area (Å²) < 4.78 is 1.87. The third-order valence-electron chi connectivity index (χ3n) is 4.55. The highest BCUT2D eigenvalue weighted by molar-refractivity contribution is 6.30. The molecule has 2 N–H and O–H groups in total. The highest BCUT2D eigenvalue weighted by Crippen LogP contribution is 2.24. The number of benzene rings is 1. The normalized spacial score (nSPS) is 10.9. The maximum atomic E-state index is 11.9. The van der Waals surface area contributed by atoms with Gasteiger partial charge in [0.15, 0.2) is 5.82 Å². The Morgan fingerprint density at radius 1 is 1.21 bits per heavy atom. The van der Waals surface area contributed by atoms with Gasteiger partial charge in [-0.3, -0.25) is 14.5 Å². The molecule has 1 aromatic carbocycles. The zero-order chi connectivity index (χ0) is 20.4. The standard InChI is InChI=1S/C21H19ClN6O/c1-13-19(21(29)23-2)27-20(26-13)18-9-15(7-8-24-18)16-10-25-28(12-16)11-14-3-5-17(22)6-4-14/h3-10,12H,11H2,1-2H3,(H,23,29)(H,26,27). The van der Waals surface area contributed by atoms with Crippen LogP contribution in [0.3, 0.4) is 0 Å². The highest BCUT2D eigenvalue weighted by Gasteiger charge is 2.15. The Morgan fingerprint density at radius 2 is 2.00 bits per heavy atom. The highest BCUT2D eigenvalue weighted by atomic mass is 35.5. The topological polar surface area (TPSA) is 88.5 Å². The predicted molar refractivity (Wildman–Crippen MR) is 112 cm³/mol. The molecule has 1 amide bonds. The molecule has 29 heavy (non-hydrogen) atoms. The van der Waals surface area contributed by atoms with E-state index in [-0.39, 0.29) is 5.91 Å². The summed E-state index contributed by atoms with van der Waals surface area (Å²) >= 11 is 5.94. The number of carbonyl (C=O) groups is 1. The number of amides is 1. The molecule has 4 aromatic rings. The summed E-state index contributed by atoms with van der Waals surface area (Å²) in [4.78, 5) is 23.8. The van der Waals surface area contributed by atoms with Crippen molar-refractivity contribution >= 4 is 17.5 Å². The fraction of sp³-hybridized carbons (Fsp3) is 0.143. The number of rotatable bonds is 5. The molecular formula is C21H19ClN6O. The zero-order valence-electron chi connectivity index (χ0n) is 16.0. The Hall–Kier alpha value is -3.45. The molecule has 0 fully saturated rings. The van der Waals surface area contributed by atoms with Crippen molar-refractivity contribution in [2.75, 3.05) is 7.05 Å². The number of halogens is 1. The SMILES string of the molecule is CNC(=O)c1nc(-c2cc(-c3cnn(Cc4ccc(Cl)cc4)c3)ccn2)[nH]c1C.